The van der Waals surface area contributed by atoms with Gasteiger partial charge in [-0.1, -0.05) is 318 Å². The molecule has 0 saturated heterocycles. The van der Waals surface area contributed by atoms with Gasteiger partial charge in [-0.3, -0.25) is 0 Å². The number of hydrogen-bond acceptors (Lipinski definition) is 4. The molecule has 1 fully saturated rings. The fraction of sp³-hybridized carbons (Fsp3) is 0.446. The lowest BCUT2D eigenvalue weighted by molar-refractivity contribution is 0.0528. The van der Waals surface area contributed by atoms with Gasteiger partial charge in [0.2, 0.25) is 0 Å². The van der Waals surface area contributed by atoms with Crippen molar-refractivity contribution in [2.24, 2.45) is 0 Å². The Hall–Kier alpha value is -11.7. The SMILES string of the molecule is CC(C)(C)OC(=O)NCCc1c[nH]c2cc(C(C)(C)C)ccc12.CC(C)(C)c1ccc2c(C#N)c[nH]c2c1.CC(C)(C)c1ccc2c(C(C)(C)C)c[nH]c2c1.CC(C)(C)c1ccc2c(C3CCCC3)c[nH]c2c1.CC(C)(C)c1ccc2c(CC#N)c[nH]c2c1.CC(C)c1c[nH]c2cc(C(C)(C)C)ccc12.CCc1c[nH]c2cc(C(C)(C)C)ccc12.Cc1c[nH]c2cc(C(C)(C)C)ccc12. The van der Waals surface area contributed by atoms with Crippen molar-refractivity contribution in [2.75, 3.05) is 6.54 Å². The summed E-state index contributed by atoms with van der Waals surface area (Å²) >= 11 is 0. The molecule has 1 amide bonds. The highest BCUT2D eigenvalue weighted by Gasteiger charge is 2.27. The summed E-state index contributed by atoms with van der Waals surface area (Å²) in [4.78, 5) is 38.3. The van der Waals surface area contributed by atoms with Crippen molar-refractivity contribution >= 4 is 93.3 Å². The molecule has 8 aromatic carbocycles. The first-order chi connectivity index (χ1) is 62.2. The highest BCUT2D eigenvalue weighted by molar-refractivity contribution is 5.90. The van der Waals surface area contributed by atoms with E-state index in [-0.39, 0.29) is 54.8 Å². The maximum atomic E-state index is 11.7. The van der Waals surface area contributed by atoms with E-state index >= 15 is 0 Å². The van der Waals surface area contributed by atoms with E-state index in [9.17, 15) is 4.79 Å². The molecule has 0 spiro atoms. The number of aromatic amines is 8. The molecular weight excluding hydrogens is 1640 g/mol. The minimum absolute atomic E-state index is 0.137. The first-order valence-electron chi connectivity index (χ1n) is 48.9. The number of ether oxygens (including phenoxy) is 1. The topological polar surface area (TPSA) is 212 Å². The van der Waals surface area contributed by atoms with Crippen molar-refractivity contribution in [3.63, 3.8) is 0 Å². The molecule has 134 heavy (non-hydrogen) atoms. The van der Waals surface area contributed by atoms with Crippen LogP contribution in [0.1, 0.15) is 355 Å². The summed E-state index contributed by atoms with van der Waals surface area (Å²) in [5.74, 6) is 1.37. The minimum Gasteiger partial charge on any atom is -0.444 e. The third kappa shape index (κ3) is 27.1. The third-order valence-electron chi connectivity index (χ3n) is 26.0. The van der Waals surface area contributed by atoms with E-state index in [4.69, 9.17) is 15.3 Å². The van der Waals surface area contributed by atoms with E-state index in [2.05, 4.69) is 442 Å². The smallest absolute Gasteiger partial charge is 0.407 e. The highest BCUT2D eigenvalue weighted by Crippen LogP contribution is 2.41. The molecule has 1 aliphatic carbocycles. The Morgan fingerprint density at radius 2 is 0.679 bits per heavy atom. The van der Waals surface area contributed by atoms with Gasteiger partial charge in [-0.25, -0.2) is 4.79 Å². The molecular formula is C121H161N11O2. The largest absolute Gasteiger partial charge is 0.444 e. The number of aryl methyl sites for hydroxylation is 2. The number of nitrogens with zero attached hydrogens (tertiary/aromatic N) is 2. The van der Waals surface area contributed by atoms with E-state index in [1.807, 2.05) is 39.2 Å². The normalized spacial score (nSPS) is 13.1. The number of H-pyrrole nitrogens is 8. The zero-order valence-electron chi connectivity index (χ0n) is 88.0. The number of rotatable bonds is 7. The number of benzene rings is 8. The van der Waals surface area contributed by atoms with Crippen LogP contribution in [-0.2, 0) is 72.7 Å². The van der Waals surface area contributed by atoms with Gasteiger partial charge in [-0.05, 0) is 246 Å². The van der Waals surface area contributed by atoms with Crippen LogP contribution in [0.5, 0.6) is 0 Å². The van der Waals surface area contributed by atoms with Gasteiger partial charge in [0.1, 0.15) is 11.7 Å². The van der Waals surface area contributed by atoms with Crippen LogP contribution < -0.4 is 5.32 Å². The highest BCUT2D eigenvalue weighted by atomic mass is 16.6. The number of carbonyl (C=O) groups excluding carboxylic acids is 1. The Labute approximate surface area is 802 Å². The number of amides is 1. The molecule has 0 atom stereocenters. The molecule has 9 N–H and O–H groups in total. The molecule has 0 aliphatic heterocycles. The summed E-state index contributed by atoms with van der Waals surface area (Å²) in [5.41, 5.74) is 31.9. The lowest BCUT2D eigenvalue weighted by atomic mass is 9.84. The molecule has 16 aromatic rings. The zero-order valence-corrected chi connectivity index (χ0v) is 88.0. The summed E-state index contributed by atoms with van der Waals surface area (Å²) < 4.78 is 5.24. The van der Waals surface area contributed by atoms with Crippen molar-refractivity contribution in [3.8, 4) is 12.1 Å². The van der Waals surface area contributed by atoms with Gasteiger partial charge in [0.25, 0.3) is 0 Å². The van der Waals surface area contributed by atoms with Gasteiger partial charge in [-0.2, -0.15) is 10.5 Å². The molecule has 8 aromatic heterocycles. The van der Waals surface area contributed by atoms with Crippen LogP contribution in [0, 0.1) is 29.6 Å². The van der Waals surface area contributed by atoms with Gasteiger partial charge in [0.15, 0.2) is 0 Å². The molecule has 0 bridgehead atoms. The molecule has 17 rings (SSSR count). The van der Waals surface area contributed by atoms with Crippen molar-refractivity contribution in [2.45, 2.75) is 347 Å². The number of fused-ring (bicyclic) bond motifs is 8. The fourth-order valence-electron chi connectivity index (χ4n) is 17.2. The maximum absolute atomic E-state index is 11.7. The molecule has 712 valence electrons. The number of carbonyl (C=O) groups is 1. The predicted molar refractivity (Wildman–Crippen MR) is 576 cm³/mol. The van der Waals surface area contributed by atoms with Crippen LogP contribution in [0.2, 0.25) is 0 Å². The van der Waals surface area contributed by atoms with Crippen LogP contribution in [0.4, 0.5) is 4.79 Å². The zero-order chi connectivity index (χ0) is 99.0. The number of aromatic nitrogens is 8. The summed E-state index contributed by atoms with van der Waals surface area (Å²) in [7, 11) is 0. The van der Waals surface area contributed by atoms with Crippen LogP contribution >= 0.6 is 0 Å². The van der Waals surface area contributed by atoms with E-state index in [1.165, 1.54) is 158 Å². The van der Waals surface area contributed by atoms with Crippen molar-refractivity contribution in [1.29, 1.82) is 10.5 Å². The van der Waals surface area contributed by atoms with Crippen LogP contribution in [0.25, 0.3) is 87.2 Å². The average molecular weight is 1800 g/mol. The molecule has 0 unspecified atom stereocenters. The second-order valence-electron chi connectivity index (χ2n) is 47.8. The minimum atomic E-state index is -0.464. The number of hydrogen-bond donors (Lipinski definition) is 9. The van der Waals surface area contributed by atoms with E-state index in [0.717, 1.165) is 51.6 Å². The first-order valence-corrected chi connectivity index (χ1v) is 48.9. The molecule has 1 saturated carbocycles. The van der Waals surface area contributed by atoms with Crippen LogP contribution in [-0.4, -0.2) is 58.1 Å². The van der Waals surface area contributed by atoms with Gasteiger partial charge < -0.3 is 49.9 Å². The standard InChI is InChI=1S/C19H28N2O2.C17H23N.C16H23N.C15H21N.C14H16N2.C14H19N.C13H14N2.C13H17N/c1-18(2,3)14-7-8-15-13(12-21-16(15)11-14)9-10-20-17(22)23-19(4,5)6;1-17(2,3)13-8-9-14-15(11-18-16(14)10-13)12-6-4-5-7-12;1-15(2,3)11-7-8-12-13(16(4,5)6)10-17-14(12)9-11;1-10(2)13-9-16-14-8-11(15(3,4)5)6-7-12(13)14;1-14(2,3)11-4-5-12-10(6-7-15)9-16-13(12)8-11;1-5-10-9-15-13-8-11(14(2,3)4)6-7-12(10)13;1-13(2,3)10-4-5-11-9(7-14)8-15-12(11)6-10;1-9-8-14-12-7-10(13(2,3)4)5-6-11(9)12/h7-8,11-12,21H,9-10H2,1-6H3,(H,20,22);8-12,18H,4-7H2,1-3H3;7-10,17H,1-6H3;6-10,16H,1-5H3;4-5,8-9,16H,6H2,1-3H3;6-9,15H,5H2,1-4H3;4-6,8,15H,1-3H3;5-8,14H,1-4H3. The average Bonchev–Trinajstić information content (AvgIpc) is 1.63. The van der Waals surface area contributed by atoms with Crippen molar-refractivity contribution in [1.82, 2.24) is 45.2 Å². The van der Waals surface area contributed by atoms with E-state index in [0.29, 0.717) is 24.4 Å². The molecule has 1 aliphatic rings. The van der Waals surface area contributed by atoms with Crippen molar-refractivity contribution in [3.05, 3.63) is 284 Å². The Balaban J connectivity index is 0.000000159. The lowest BCUT2D eigenvalue weighted by Crippen LogP contribution is -2.33. The second kappa shape index (κ2) is 41.7. The number of nitriles is 2. The molecule has 0 radical (unpaired) electrons. The van der Waals surface area contributed by atoms with Crippen LogP contribution in [0.15, 0.2) is 195 Å². The Kier molecular flexibility index (Phi) is 32.5. The summed E-state index contributed by atoms with van der Waals surface area (Å²) in [5, 5.41) is 30.6. The first kappa shape index (κ1) is 104. The predicted octanol–water partition coefficient (Wildman–Crippen LogP) is 33.7. The summed E-state index contributed by atoms with van der Waals surface area (Å²) in [6.07, 6.45) is 23.9. The van der Waals surface area contributed by atoms with E-state index in [1.54, 1.807) is 11.8 Å². The molecule has 13 heteroatoms. The lowest BCUT2D eigenvalue weighted by Gasteiger charge is -2.20. The fourth-order valence-corrected chi connectivity index (χ4v) is 17.2. The third-order valence-corrected chi connectivity index (χ3v) is 26.0. The molecule has 13 nitrogen and oxygen atoms in total. The maximum Gasteiger partial charge on any atom is 0.407 e. The van der Waals surface area contributed by atoms with Gasteiger partial charge in [-0.15, -0.1) is 0 Å². The Bertz CT molecular complexity index is 6720. The van der Waals surface area contributed by atoms with Crippen LogP contribution in [0.3, 0.4) is 0 Å². The quantitative estimate of drug-likeness (QED) is 0.0762. The molecule has 8 heterocycles. The van der Waals surface area contributed by atoms with E-state index < -0.39 is 5.60 Å². The number of alkyl carbamates (subject to hydrolysis) is 1. The number of nitrogens with one attached hydrogen (secondary N) is 9. The summed E-state index contributed by atoms with van der Waals surface area (Å²) in [6.45, 7) is 75.3. The monoisotopic (exact) mass is 1800 g/mol. The second-order valence-corrected chi connectivity index (χ2v) is 47.8. The summed E-state index contributed by atoms with van der Waals surface area (Å²) in [6, 6.07) is 57.6. The Morgan fingerprint density at radius 3 is 1.08 bits per heavy atom. The Morgan fingerprint density at radius 1 is 0.366 bits per heavy atom. The van der Waals surface area contributed by atoms with Crippen molar-refractivity contribution < 1.29 is 9.53 Å². The van der Waals surface area contributed by atoms with Gasteiger partial charge in [0, 0.05) is 143 Å². The van der Waals surface area contributed by atoms with Gasteiger partial charge >= 0.3 is 6.09 Å². The van der Waals surface area contributed by atoms with Gasteiger partial charge in [0.05, 0.1) is 18.1 Å².